The van der Waals surface area contributed by atoms with Gasteiger partial charge in [0.15, 0.2) is 14.6 Å². The quantitative estimate of drug-likeness (QED) is 0.688. The third kappa shape index (κ3) is 5.76. The molecular formula is C20H34O6Si. The summed E-state index contributed by atoms with van der Waals surface area (Å²) in [5.41, 5.74) is 1.00. The molecule has 0 spiro atoms. The van der Waals surface area contributed by atoms with Crippen LogP contribution in [-0.4, -0.2) is 56.8 Å². The van der Waals surface area contributed by atoms with Gasteiger partial charge in [0, 0.05) is 6.42 Å². The summed E-state index contributed by atoms with van der Waals surface area (Å²) in [6, 6.07) is 7.64. The maximum absolute atomic E-state index is 10.4. The first kappa shape index (κ1) is 22.3. The zero-order valence-corrected chi connectivity index (χ0v) is 18.3. The Morgan fingerprint density at radius 1 is 1.15 bits per heavy atom. The van der Waals surface area contributed by atoms with Crippen LogP contribution in [-0.2, 0) is 20.5 Å². The van der Waals surface area contributed by atoms with E-state index in [1.165, 1.54) is 0 Å². The molecule has 2 rings (SSSR count). The highest BCUT2D eigenvalue weighted by molar-refractivity contribution is 6.74. The molecule has 7 heteroatoms. The second-order valence-corrected chi connectivity index (χ2v) is 13.4. The molecule has 0 radical (unpaired) electrons. The molecule has 0 amide bonds. The van der Waals surface area contributed by atoms with Crippen LogP contribution in [0.3, 0.4) is 0 Å². The topological polar surface area (TPSA) is 77.4 Å². The van der Waals surface area contributed by atoms with Gasteiger partial charge in [-0.15, -0.1) is 0 Å². The third-order valence-corrected chi connectivity index (χ3v) is 10.1. The van der Waals surface area contributed by atoms with Gasteiger partial charge in [-0.25, -0.2) is 0 Å². The zero-order valence-electron chi connectivity index (χ0n) is 17.3. The number of methoxy groups -OCH3 is 1. The second kappa shape index (κ2) is 9.02. The molecule has 0 aliphatic carbocycles. The highest BCUT2D eigenvalue weighted by Gasteiger charge is 2.45. The summed E-state index contributed by atoms with van der Waals surface area (Å²) in [7, 11) is -0.436. The van der Waals surface area contributed by atoms with Crippen molar-refractivity contribution in [2.45, 2.75) is 76.5 Å². The molecular weight excluding hydrogens is 364 g/mol. The van der Waals surface area contributed by atoms with Crippen molar-refractivity contribution in [3.63, 3.8) is 0 Å². The third-order valence-electron chi connectivity index (χ3n) is 5.57. The van der Waals surface area contributed by atoms with Crippen molar-refractivity contribution in [2.75, 3.05) is 13.7 Å². The van der Waals surface area contributed by atoms with Crippen molar-refractivity contribution < 1.29 is 28.8 Å². The Bertz CT molecular complexity index is 583. The smallest absolute Gasteiger partial charge is 0.192 e. The molecule has 0 saturated carbocycles. The fourth-order valence-corrected chi connectivity index (χ4v) is 4.10. The average Bonchev–Trinajstić information content (AvgIpc) is 2.61. The van der Waals surface area contributed by atoms with Crippen molar-refractivity contribution in [1.82, 2.24) is 0 Å². The van der Waals surface area contributed by atoms with E-state index < -0.39 is 26.8 Å². The first-order valence-electron chi connectivity index (χ1n) is 9.44. The second-order valence-electron chi connectivity index (χ2n) is 8.60. The minimum absolute atomic E-state index is 0.0278. The lowest BCUT2D eigenvalue weighted by molar-refractivity contribution is -0.257. The predicted octanol–water partition coefficient (Wildman–Crippen LogP) is 3.07. The van der Waals surface area contributed by atoms with Crippen molar-refractivity contribution >= 4 is 8.32 Å². The molecule has 1 aromatic carbocycles. The SMILES string of the molecule is COc1ccc(CO[C@H]2C[C@H](O[Si](C)(C)C(C)(C)C)[C@@H](O)O[C@@H]2CO)cc1. The Labute approximate surface area is 163 Å². The molecule has 2 N–H and O–H groups in total. The van der Waals surface area contributed by atoms with E-state index in [1.54, 1.807) is 7.11 Å². The van der Waals surface area contributed by atoms with Gasteiger partial charge in [0.05, 0.1) is 32.5 Å². The van der Waals surface area contributed by atoms with Crippen molar-refractivity contribution in [1.29, 1.82) is 0 Å². The highest BCUT2D eigenvalue weighted by Crippen LogP contribution is 2.39. The summed E-state index contributed by atoms with van der Waals surface area (Å²) in [4.78, 5) is 0. The first-order chi connectivity index (χ1) is 12.6. The molecule has 1 fully saturated rings. The van der Waals surface area contributed by atoms with Gasteiger partial charge in [-0.05, 0) is 35.8 Å². The summed E-state index contributed by atoms with van der Waals surface area (Å²) in [6.45, 7) is 10.9. The number of aliphatic hydroxyl groups excluding tert-OH is 2. The molecule has 27 heavy (non-hydrogen) atoms. The summed E-state index contributed by atoms with van der Waals surface area (Å²) >= 11 is 0. The lowest BCUT2D eigenvalue weighted by Crippen LogP contribution is -2.55. The van der Waals surface area contributed by atoms with Gasteiger partial charge in [-0.2, -0.15) is 0 Å². The van der Waals surface area contributed by atoms with Crippen molar-refractivity contribution in [3.8, 4) is 5.75 Å². The normalized spacial score (nSPS) is 26.8. The summed E-state index contributed by atoms with van der Waals surface area (Å²) < 4.78 is 23.1. The lowest BCUT2D eigenvalue weighted by Gasteiger charge is -2.44. The molecule has 1 saturated heterocycles. The van der Waals surface area contributed by atoms with Gasteiger partial charge in [0.25, 0.3) is 0 Å². The minimum Gasteiger partial charge on any atom is -0.497 e. The van der Waals surface area contributed by atoms with Crippen molar-refractivity contribution in [2.24, 2.45) is 0 Å². The fraction of sp³-hybridized carbons (Fsp3) is 0.700. The largest absolute Gasteiger partial charge is 0.497 e. The molecule has 1 heterocycles. The number of hydrogen-bond acceptors (Lipinski definition) is 6. The summed E-state index contributed by atoms with van der Waals surface area (Å²) in [6.07, 6.45) is -1.96. The van der Waals surface area contributed by atoms with Gasteiger partial charge >= 0.3 is 0 Å². The molecule has 1 aromatic rings. The minimum atomic E-state index is -2.07. The van der Waals surface area contributed by atoms with Crippen LogP contribution in [0.4, 0.5) is 0 Å². The van der Waals surface area contributed by atoms with Crippen LogP contribution in [0.2, 0.25) is 18.1 Å². The van der Waals surface area contributed by atoms with Crippen LogP contribution in [0.5, 0.6) is 5.75 Å². The maximum atomic E-state index is 10.4. The lowest BCUT2D eigenvalue weighted by atomic mass is 10.0. The predicted molar refractivity (Wildman–Crippen MR) is 106 cm³/mol. The van der Waals surface area contributed by atoms with Crippen LogP contribution in [0.1, 0.15) is 32.8 Å². The molecule has 1 aliphatic rings. The zero-order chi connectivity index (χ0) is 20.2. The van der Waals surface area contributed by atoms with E-state index >= 15 is 0 Å². The van der Waals surface area contributed by atoms with Gasteiger partial charge in [-0.3, -0.25) is 0 Å². The highest BCUT2D eigenvalue weighted by atomic mass is 28.4. The van der Waals surface area contributed by atoms with Crippen LogP contribution >= 0.6 is 0 Å². The number of ether oxygens (including phenoxy) is 3. The standard InChI is InChI=1S/C20H34O6Si/c1-20(2,3)27(5,6)26-17-11-16(18(12-21)25-19(17)22)24-13-14-7-9-15(23-4)10-8-14/h7-10,16-19,21-22H,11-13H2,1-6H3/t16-,17-,18+,19-/m0/s1. The molecule has 0 unspecified atom stereocenters. The monoisotopic (exact) mass is 398 g/mol. The first-order valence-corrected chi connectivity index (χ1v) is 12.3. The fourth-order valence-electron chi connectivity index (χ4n) is 2.77. The Hall–Kier alpha value is -0.963. The van der Waals surface area contributed by atoms with E-state index in [-0.39, 0.29) is 17.7 Å². The number of aliphatic hydroxyl groups is 2. The van der Waals surface area contributed by atoms with Crippen LogP contribution in [0.25, 0.3) is 0 Å². The van der Waals surface area contributed by atoms with Crippen LogP contribution in [0, 0.1) is 0 Å². The van der Waals surface area contributed by atoms with E-state index in [0.717, 1.165) is 11.3 Å². The van der Waals surface area contributed by atoms with Crippen LogP contribution < -0.4 is 4.74 Å². The summed E-state index contributed by atoms with van der Waals surface area (Å²) in [5, 5.41) is 20.0. The molecule has 6 nitrogen and oxygen atoms in total. The van der Waals surface area contributed by atoms with Gasteiger partial charge in [0.1, 0.15) is 11.9 Å². The van der Waals surface area contributed by atoms with E-state index in [0.29, 0.717) is 13.0 Å². The molecule has 0 bridgehead atoms. The van der Waals surface area contributed by atoms with E-state index in [1.807, 2.05) is 24.3 Å². The number of hydrogen-bond donors (Lipinski definition) is 2. The Morgan fingerprint density at radius 3 is 2.30 bits per heavy atom. The Morgan fingerprint density at radius 2 is 1.78 bits per heavy atom. The van der Waals surface area contributed by atoms with Crippen LogP contribution in [0.15, 0.2) is 24.3 Å². The maximum Gasteiger partial charge on any atom is 0.192 e. The van der Waals surface area contributed by atoms with Gasteiger partial charge in [-0.1, -0.05) is 32.9 Å². The molecule has 4 atom stereocenters. The Balaban J connectivity index is 2.02. The van der Waals surface area contributed by atoms with Gasteiger partial charge in [0.2, 0.25) is 0 Å². The van der Waals surface area contributed by atoms with Crippen molar-refractivity contribution in [3.05, 3.63) is 29.8 Å². The number of rotatable bonds is 7. The molecule has 1 aliphatic heterocycles. The summed E-state index contributed by atoms with van der Waals surface area (Å²) in [5.74, 6) is 0.791. The molecule has 154 valence electrons. The van der Waals surface area contributed by atoms with E-state index in [4.69, 9.17) is 18.6 Å². The van der Waals surface area contributed by atoms with E-state index in [2.05, 4.69) is 33.9 Å². The molecule has 0 aromatic heterocycles. The average molecular weight is 399 g/mol. The van der Waals surface area contributed by atoms with E-state index in [9.17, 15) is 10.2 Å². The number of benzene rings is 1. The van der Waals surface area contributed by atoms with Gasteiger partial charge < -0.3 is 28.8 Å². The Kier molecular flexibility index (Phi) is 7.46.